The highest BCUT2D eigenvalue weighted by Gasteiger charge is 2.19. The lowest BCUT2D eigenvalue weighted by atomic mass is 9.99. The molecule has 12 rings (SSSR count). The molecule has 0 bridgehead atoms. The third-order valence-corrected chi connectivity index (χ3v) is 13.1. The second-order valence-corrected chi connectivity index (χ2v) is 16.8. The number of rotatable bonds is 9. The van der Waals surface area contributed by atoms with Crippen LogP contribution in [0.2, 0.25) is 0 Å². The van der Waals surface area contributed by atoms with Crippen LogP contribution in [0.25, 0.3) is 99.3 Å². The van der Waals surface area contributed by atoms with Crippen LogP contribution in [0.4, 0.5) is 5.69 Å². The molecule has 5 heteroatoms. The van der Waals surface area contributed by atoms with Gasteiger partial charge in [0, 0.05) is 73.4 Å². The molecule has 5 nitrogen and oxygen atoms in total. The fourth-order valence-corrected chi connectivity index (χ4v) is 10.0. The first-order valence-corrected chi connectivity index (χ1v) is 22.3. The van der Waals surface area contributed by atoms with Crippen molar-refractivity contribution in [1.29, 1.82) is 0 Å². The van der Waals surface area contributed by atoms with Crippen molar-refractivity contribution in [2.75, 3.05) is 12.4 Å². The molecule has 0 radical (unpaired) electrons. The Labute approximate surface area is 377 Å². The van der Waals surface area contributed by atoms with E-state index in [0.717, 1.165) is 62.6 Å². The van der Waals surface area contributed by atoms with E-state index >= 15 is 0 Å². The van der Waals surface area contributed by atoms with Gasteiger partial charge in [-0.2, -0.15) is 0 Å². The molecule has 0 saturated heterocycles. The summed E-state index contributed by atoms with van der Waals surface area (Å²) in [5.41, 5.74) is 23.3. The second-order valence-electron chi connectivity index (χ2n) is 16.8. The molecule has 0 atom stereocenters. The van der Waals surface area contributed by atoms with Crippen LogP contribution in [0, 0.1) is 0 Å². The largest absolute Gasteiger partial charge is 0.398 e. The first-order valence-electron chi connectivity index (χ1n) is 22.3. The number of hydrogen-bond acceptors (Lipinski definition) is 2. The van der Waals surface area contributed by atoms with E-state index in [-0.39, 0.29) is 0 Å². The molecule has 65 heavy (non-hydrogen) atoms. The van der Waals surface area contributed by atoms with Gasteiger partial charge in [-0.05, 0) is 114 Å². The molecule has 0 aliphatic heterocycles. The maximum atomic E-state index is 6.74. The Bertz CT molecular complexity index is 3580. The summed E-state index contributed by atoms with van der Waals surface area (Å²) in [6.07, 6.45) is 7.05. The van der Waals surface area contributed by atoms with Crippen LogP contribution in [-0.4, -0.2) is 20.7 Å². The Morgan fingerprint density at radius 2 is 0.923 bits per heavy atom. The minimum absolute atomic E-state index is 0.717. The highest BCUT2D eigenvalue weighted by atomic mass is 15.0. The lowest BCUT2D eigenvalue weighted by molar-refractivity contribution is 1.16. The van der Waals surface area contributed by atoms with E-state index < -0.39 is 0 Å². The Morgan fingerprint density at radius 1 is 0.446 bits per heavy atom. The number of hydrogen-bond donors (Lipinski definition) is 2. The van der Waals surface area contributed by atoms with Gasteiger partial charge in [-0.1, -0.05) is 133 Å². The van der Waals surface area contributed by atoms with E-state index in [1.165, 1.54) is 59.9 Å². The average molecular weight is 836 g/mol. The van der Waals surface area contributed by atoms with Gasteiger partial charge in [-0.15, -0.1) is 0 Å². The smallest absolute Gasteiger partial charge is 0.0542 e. The molecule has 3 aromatic heterocycles. The van der Waals surface area contributed by atoms with Gasteiger partial charge in [0.05, 0.1) is 33.1 Å². The predicted molar refractivity (Wildman–Crippen MR) is 276 cm³/mol. The van der Waals surface area contributed by atoms with Crippen LogP contribution in [-0.2, 0) is 6.42 Å². The van der Waals surface area contributed by atoms with Gasteiger partial charge >= 0.3 is 0 Å². The highest BCUT2D eigenvalue weighted by Crippen LogP contribution is 2.40. The fourth-order valence-electron chi connectivity index (χ4n) is 10.0. The molecule has 0 aliphatic rings. The minimum atomic E-state index is 0.717. The zero-order chi connectivity index (χ0) is 43.4. The number of para-hydroxylation sites is 4. The van der Waals surface area contributed by atoms with Crippen LogP contribution in [0.3, 0.4) is 0 Å². The van der Waals surface area contributed by atoms with Crippen molar-refractivity contribution in [1.82, 2.24) is 13.7 Å². The van der Waals surface area contributed by atoms with Crippen LogP contribution >= 0.6 is 0 Å². The van der Waals surface area contributed by atoms with Gasteiger partial charge < -0.3 is 24.8 Å². The minimum Gasteiger partial charge on any atom is -0.398 e. The van der Waals surface area contributed by atoms with Crippen molar-refractivity contribution in [3.63, 3.8) is 0 Å². The zero-order valence-corrected chi connectivity index (χ0v) is 36.0. The Kier molecular flexibility index (Phi) is 9.20. The van der Waals surface area contributed by atoms with Gasteiger partial charge in [0.15, 0.2) is 0 Å². The number of allylic oxidation sites excluding steroid dienone is 3. The SMILES string of the molecule is CNc1ccc(/C(N)=C/C=C\Cc2ccccc2)cc1-c1cccc(-n2c3ccc(-n4c5ccccc5c5ccccc54)cc3c3cc(-n4c5ccccc5c5ccccc54)ccc32)c1. The first kappa shape index (κ1) is 38.2. The summed E-state index contributed by atoms with van der Waals surface area (Å²) in [6, 6.07) is 74.6. The van der Waals surface area contributed by atoms with Gasteiger partial charge in [0.2, 0.25) is 0 Å². The summed E-state index contributed by atoms with van der Waals surface area (Å²) in [5.74, 6) is 0. The molecular weight excluding hydrogens is 791 g/mol. The summed E-state index contributed by atoms with van der Waals surface area (Å²) in [6.45, 7) is 0. The van der Waals surface area contributed by atoms with Gasteiger partial charge in [0.25, 0.3) is 0 Å². The molecule has 3 N–H and O–H groups in total. The summed E-state index contributed by atoms with van der Waals surface area (Å²) < 4.78 is 7.25. The molecule has 3 heterocycles. The molecule has 310 valence electrons. The number of fused-ring (bicyclic) bond motifs is 9. The lowest BCUT2D eigenvalue weighted by Crippen LogP contribution is -2.00. The highest BCUT2D eigenvalue weighted by molar-refractivity contribution is 6.14. The van der Waals surface area contributed by atoms with E-state index in [4.69, 9.17) is 5.73 Å². The summed E-state index contributed by atoms with van der Waals surface area (Å²) in [5, 5.41) is 10.8. The zero-order valence-electron chi connectivity index (χ0n) is 36.0. The molecule has 12 aromatic rings. The van der Waals surface area contributed by atoms with Crippen molar-refractivity contribution in [2.45, 2.75) is 6.42 Å². The number of aromatic nitrogens is 3. The van der Waals surface area contributed by atoms with Crippen molar-refractivity contribution in [2.24, 2.45) is 5.73 Å². The summed E-state index contributed by atoms with van der Waals surface area (Å²) >= 11 is 0. The first-order chi connectivity index (χ1) is 32.1. The maximum Gasteiger partial charge on any atom is 0.0542 e. The fraction of sp³-hybridized carbons (Fsp3) is 0.0333. The Hall–Kier alpha value is -8.54. The number of nitrogens with two attached hydrogens (primary N) is 1. The number of anilines is 1. The normalized spacial score (nSPS) is 12.2. The third-order valence-electron chi connectivity index (χ3n) is 13.1. The van der Waals surface area contributed by atoms with Gasteiger partial charge in [-0.3, -0.25) is 0 Å². The molecule has 9 aromatic carbocycles. The molecule has 0 unspecified atom stereocenters. The van der Waals surface area contributed by atoms with E-state index in [1.54, 1.807) is 0 Å². The van der Waals surface area contributed by atoms with Crippen LogP contribution < -0.4 is 11.1 Å². The molecule has 0 fully saturated rings. The third kappa shape index (κ3) is 6.39. The number of nitrogens with one attached hydrogen (secondary N) is 1. The second kappa shape index (κ2) is 15.7. The van der Waals surface area contributed by atoms with Crippen LogP contribution in [0.15, 0.2) is 224 Å². The maximum absolute atomic E-state index is 6.74. The Balaban J connectivity index is 1.04. The predicted octanol–water partition coefficient (Wildman–Crippen LogP) is 14.8. The van der Waals surface area contributed by atoms with Gasteiger partial charge in [-0.25, -0.2) is 0 Å². The monoisotopic (exact) mass is 835 g/mol. The molecule has 0 spiro atoms. The summed E-state index contributed by atoms with van der Waals surface area (Å²) in [7, 11) is 1.98. The van der Waals surface area contributed by atoms with Crippen molar-refractivity contribution in [3.8, 4) is 28.2 Å². The van der Waals surface area contributed by atoms with E-state index in [9.17, 15) is 0 Å². The molecule has 0 amide bonds. The van der Waals surface area contributed by atoms with E-state index in [0.29, 0.717) is 0 Å². The molecular formula is C60H45N5. The van der Waals surface area contributed by atoms with Crippen molar-refractivity contribution < 1.29 is 0 Å². The molecule has 0 aliphatic carbocycles. The molecule has 0 saturated carbocycles. The quantitative estimate of drug-likeness (QED) is 0.142. The van der Waals surface area contributed by atoms with Crippen molar-refractivity contribution >= 4 is 76.8 Å². The number of benzene rings is 9. The van der Waals surface area contributed by atoms with Crippen molar-refractivity contribution in [3.05, 3.63) is 236 Å². The summed E-state index contributed by atoms with van der Waals surface area (Å²) in [4.78, 5) is 0. The van der Waals surface area contributed by atoms with Gasteiger partial charge in [0.1, 0.15) is 0 Å². The van der Waals surface area contributed by atoms with Crippen LogP contribution in [0.5, 0.6) is 0 Å². The standard InChI is InChI=1S/C60H45N5/c1-62-54-33-30-42(53(61)25-10-5-18-40-16-3-2-4-17-40)37-50(54)41-19-15-20-43(36-41)63-59-34-31-44(64-55-26-11-6-21-46(55)47-22-7-12-27-56(47)64)38-51(59)52-39-45(32-35-60(52)63)65-57-28-13-8-23-48(57)49-24-9-14-29-58(49)65/h2-17,19-39,62H,18,61H2,1H3/b10-5-,53-25-. The van der Waals surface area contributed by atoms with E-state index in [1.807, 2.05) is 19.2 Å². The van der Waals surface area contributed by atoms with E-state index in [2.05, 4.69) is 231 Å². The Morgan fingerprint density at radius 3 is 1.45 bits per heavy atom. The average Bonchev–Trinajstić information content (AvgIpc) is 4.00. The lowest BCUT2D eigenvalue weighted by Gasteiger charge is -2.15. The topological polar surface area (TPSA) is 52.8 Å². The van der Waals surface area contributed by atoms with Crippen LogP contribution in [0.1, 0.15) is 11.1 Å². The number of nitrogens with zero attached hydrogens (tertiary/aromatic N) is 3.